The number of fused-ring (bicyclic) bond motifs is 1. The Hall–Kier alpha value is -1.55. The first-order valence-electron chi connectivity index (χ1n) is 8.91. The minimum Gasteiger partial charge on any atom is -0.489 e. The minimum absolute atomic E-state index is 0.151. The highest BCUT2D eigenvalue weighted by Crippen LogP contribution is 2.36. The number of hydrogen-bond donors (Lipinski definition) is 1. The van der Waals surface area contributed by atoms with Crippen LogP contribution in [0.3, 0.4) is 0 Å². The molecule has 3 rings (SSSR count). The minimum atomic E-state index is -0.897. The van der Waals surface area contributed by atoms with Gasteiger partial charge in [0.2, 0.25) is 0 Å². The number of benzene rings is 1. The van der Waals surface area contributed by atoms with E-state index in [1.165, 1.54) is 45.3 Å². The first-order valence-corrected chi connectivity index (χ1v) is 8.91. The molecule has 1 saturated heterocycles. The summed E-state index contributed by atoms with van der Waals surface area (Å²) >= 11 is 0. The van der Waals surface area contributed by atoms with Crippen molar-refractivity contribution in [3.8, 4) is 5.75 Å². The number of carboxylic acid groups (broad SMARTS) is 1. The molecule has 0 amide bonds. The summed E-state index contributed by atoms with van der Waals surface area (Å²) in [5, 5.41) is 9.27. The fraction of sp³-hybridized carbons (Fsp3) is 0.632. The number of carbonyl (C=O) groups is 1. The van der Waals surface area contributed by atoms with Gasteiger partial charge in [-0.05, 0) is 62.9 Å². The van der Waals surface area contributed by atoms with E-state index in [1.54, 1.807) is 6.07 Å². The molecule has 4 heteroatoms. The summed E-state index contributed by atoms with van der Waals surface area (Å²) in [6, 6.07) is 5.45. The summed E-state index contributed by atoms with van der Waals surface area (Å²) in [6.07, 6.45) is 7.10. The summed E-state index contributed by atoms with van der Waals surface area (Å²) in [5.41, 5.74) is 1.36. The summed E-state index contributed by atoms with van der Waals surface area (Å²) in [4.78, 5) is 13.9. The molecule has 4 nitrogen and oxygen atoms in total. The number of likely N-dealkylation sites (tertiary alicyclic amines) is 1. The molecule has 2 aliphatic rings. The summed E-state index contributed by atoms with van der Waals surface area (Å²) in [6.45, 7) is 5.87. The normalized spacial score (nSPS) is 21.9. The zero-order chi connectivity index (χ0) is 16.2. The molecule has 1 fully saturated rings. The smallest absolute Gasteiger partial charge is 0.339 e. The number of aromatic carboxylic acids is 1. The quantitative estimate of drug-likeness (QED) is 0.871. The Morgan fingerprint density at radius 3 is 2.83 bits per heavy atom. The van der Waals surface area contributed by atoms with Gasteiger partial charge in [-0.1, -0.05) is 25.5 Å². The van der Waals surface area contributed by atoms with Gasteiger partial charge in [0.25, 0.3) is 0 Å². The molecular formula is C19H27NO3. The highest BCUT2D eigenvalue weighted by molar-refractivity contribution is 5.91. The van der Waals surface area contributed by atoms with E-state index in [1.807, 2.05) is 12.1 Å². The van der Waals surface area contributed by atoms with Crippen LogP contribution in [0.1, 0.15) is 54.9 Å². The largest absolute Gasteiger partial charge is 0.489 e. The van der Waals surface area contributed by atoms with Gasteiger partial charge in [0.1, 0.15) is 17.4 Å². The maximum atomic E-state index is 11.3. The van der Waals surface area contributed by atoms with Crippen molar-refractivity contribution in [1.29, 1.82) is 0 Å². The lowest BCUT2D eigenvalue weighted by atomic mass is 9.90. The Labute approximate surface area is 138 Å². The second-order valence-corrected chi connectivity index (χ2v) is 6.92. The van der Waals surface area contributed by atoms with Crippen molar-refractivity contribution < 1.29 is 14.6 Å². The first-order chi connectivity index (χ1) is 11.2. The van der Waals surface area contributed by atoms with Crippen LogP contribution in [0.2, 0.25) is 0 Å². The number of rotatable bonds is 6. The Bertz CT molecular complexity index is 550. The molecule has 2 aliphatic heterocycles. The van der Waals surface area contributed by atoms with E-state index >= 15 is 0 Å². The van der Waals surface area contributed by atoms with Crippen LogP contribution in [0, 0.1) is 5.92 Å². The number of nitrogens with zero attached hydrogens (tertiary/aromatic N) is 1. The number of ether oxygens (including phenoxy) is 1. The molecular weight excluding hydrogens is 290 g/mol. The predicted octanol–water partition coefficient (Wildman–Crippen LogP) is 3.59. The number of hydrogen-bond acceptors (Lipinski definition) is 3. The molecule has 0 radical (unpaired) electrons. The molecule has 1 aromatic rings. The van der Waals surface area contributed by atoms with Crippen LogP contribution in [0.15, 0.2) is 18.2 Å². The van der Waals surface area contributed by atoms with Crippen LogP contribution >= 0.6 is 0 Å². The van der Waals surface area contributed by atoms with Gasteiger partial charge in [-0.25, -0.2) is 4.79 Å². The monoisotopic (exact) mass is 317 g/mol. The van der Waals surface area contributed by atoms with Gasteiger partial charge in [-0.2, -0.15) is 0 Å². The van der Waals surface area contributed by atoms with Gasteiger partial charge >= 0.3 is 5.97 Å². The van der Waals surface area contributed by atoms with Crippen molar-refractivity contribution in [1.82, 2.24) is 4.90 Å². The summed E-state index contributed by atoms with van der Waals surface area (Å²) in [7, 11) is 0. The van der Waals surface area contributed by atoms with Crippen LogP contribution in [-0.4, -0.2) is 41.7 Å². The number of para-hydroxylation sites is 1. The van der Waals surface area contributed by atoms with E-state index in [-0.39, 0.29) is 6.10 Å². The van der Waals surface area contributed by atoms with E-state index in [9.17, 15) is 9.90 Å². The lowest BCUT2D eigenvalue weighted by Gasteiger charge is -2.32. The molecule has 0 spiro atoms. The summed E-state index contributed by atoms with van der Waals surface area (Å²) in [5.74, 6) is 0.414. The molecule has 1 aromatic carbocycles. The van der Waals surface area contributed by atoms with Crippen LogP contribution in [0.5, 0.6) is 5.75 Å². The third-order valence-electron chi connectivity index (χ3n) is 5.19. The van der Waals surface area contributed by atoms with Crippen molar-refractivity contribution in [2.45, 2.75) is 51.6 Å². The fourth-order valence-electron chi connectivity index (χ4n) is 3.84. The Morgan fingerprint density at radius 1 is 1.35 bits per heavy atom. The van der Waals surface area contributed by atoms with Gasteiger partial charge in [-0.3, -0.25) is 0 Å². The van der Waals surface area contributed by atoms with Crippen LogP contribution in [0.25, 0.3) is 0 Å². The number of unbranched alkanes of at least 4 members (excludes halogenated alkanes) is 1. The second-order valence-electron chi connectivity index (χ2n) is 6.92. The van der Waals surface area contributed by atoms with E-state index in [0.29, 0.717) is 17.2 Å². The lowest BCUT2D eigenvalue weighted by Crippen LogP contribution is -2.35. The number of carboxylic acids is 1. The molecule has 1 N–H and O–H groups in total. The van der Waals surface area contributed by atoms with Crippen molar-refractivity contribution in [3.05, 3.63) is 29.3 Å². The van der Waals surface area contributed by atoms with Gasteiger partial charge in [0.15, 0.2) is 0 Å². The maximum Gasteiger partial charge on any atom is 0.339 e. The zero-order valence-corrected chi connectivity index (χ0v) is 14.0. The van der Waals surface area contributed by atoms with Crippen molar-refractivity contribution in [2.75, 3.05) is 19.6 Å². The zero-order valence-electron chi connectivity index (χ0n) is 14.0. The van der Waals surface area contributed by atoms with Crippen LogP contribution in [-0.2, 0) is 6.42 Å². The molecule has 0 aromatic heterocycles. The average Bonchev–Trinajstić information content (AvgIpc) is 2.96. The third-order valence-corrected chi connectivity index (χ3v) is 5.19. The van der Waals surface area contributed by atoms with Crippen molar-refractivity contribution in [3.63, 3.8) is 0 Å². The van der Waals surface area contributed by atoms with E-state index in [2.05, 4.69) is 11.8 Å². The lowest BCUT2D eigenvalue weighted by molar-refractivity contribution is 0.0689. The van der Waals surface area contributed by atoms with Crippen molar-refractivity contribution in [2.24, 2.45) is 5.92 Å². The van der Waals surface area contributed by atoms with Gasteiger partial charge in [0, 0.05) is 6.42 Å². The van der Waals surface area contributed by atoms with Gasteiger partial charge in [0.05, 0.1) is 0 Å². The predicted molar refractivity (Wildman–Crippen MR) is 90.2 cm³/mol. The molecule has 23 heavy (non-hydrogen) atoms. The molecule has 1 atom stereocenters. The fourth-order valence-corrected chi connectivity index (χ4v) is 3.84. The molecule has 126 valence electrons. The second kappa shape index (κ2) is 7.35. The Morgan fingerprint density at radius 2 is 2.13 bits per heavy atom. The molecule has 0 bridgehead atoms. The standard InChI is InChI=1S/C19H27NO3/c1-2-3-9-20-10-7-14(8-11-20)12-16-13-15-5-4-6-17(19(21)22)18(15)23-16/h4-6,14,16H,2-3,7-13H2,1H3,(H,21,22). The SMILES string of the molecule is CCCCN1CCC(CC2Cc3cccc(C(=O)O)c3O2)CC1. The highest BCUT2D eigenvalue weighted by atomic mass is 16.5. The summed E-state index contributed by atoms with van der Waals surface area (Å²) < 4.78 is 6.00. The van der Waals surface area contributed by atoms with Crippen LogP contribution in [0.4, 0.5) is 0 Å². The first kappa shape index (κ1) is 16.3. The highest BCUT2D eigenvalue weighted by Gasteiger charge is 2.30. The molecule has 2 heterocycles. The molecule has 1 unspecified atom stereocenters. The molecule has 0 aliphatic carbocycles. The Kier molecular flexibility index (Phi) is 5.21. The van der Waals surface area contributed by atoms with Crippen molar-refractivity contribution >= 4 is 5.97 Å². The average molecular weight is 317 g/mol. The Balaban J connectivity index is 1.52. The van der Waals surface area contributed by atoms with Crippen LogP contribution < -0.4 is 4.74 Å². The van der Waals surface area contributed by atoms with Gasteiger partial charge < -0.3 is 14.7 Å². The topological polar surface area (TPSA) is 49.8 Å². The van der Waals surface area contributed by atoms with Gasteiger partial charge in [-0.15, -0.1) is 0 Å². The van der Waals surface area contributed by atoms with E-state index < -0.39 is 5.97 Å². The third kappa shape index (κ3) is 3.86. The van der Waals surface area contributed by atoms with E-state index in [0.717, 1.165) is 18.4 Å². The maximum absolute atomic E-state index is 11.3. The van der Waals surface area contributed by atoms with E-state index in [4.69, 9.17) is 4.74 Å². The molecule has 0 saturated carbocycles. The number of piperidine rings is 1.